The number of rotatable bonds is 6. The minimum Gasteiger partial charge on any atom is -0.479 e. The van der Waals surface area contributed by atoms with E-state index in [4.69, 9.17) is 19.3 Å². The Morgan fingerprint density at radius 3 is 2.77 bits per heavy atom. The van der Waals surface area contributed by atoms with Crippen molar-refractivity contribution in [2.45, 2.75) is 19.1 Å². The van der Waals surface area contributed by atoms with Gasteiger partial charge in [-0.25, -0.2) is 4.79 Å². The summed E-state index contributed by atoms with van der Waals surface area (Å²) < 4.78 is 15.1. The molecule has 1 unspecified atom stereocenters. The van der Waals surface area contributed by atoms with Gasteiger partial charge in [0.1, 0.15) is 6.10 Å². The first-order chi connectivity index (χ1) is 6.24. The molecule has 0 saturated carbocycles. The molecule has 76 valence electrons. The number of aliphatic carboxylic acids is 1. The molecule has 1 N–H and O–H groups in total. The smallest absolute Gasteiger partial charge is 0.335 e. The van der Waals surface area contributed by atoms with Crippen LogP contribution in [-0.2, 0) is 19.0 Å². The molecule has 1 atom stereocenters. The maximum Gasteiger partial charge on any atom is 0.335 e. The van der Waals surface area contributed by atoms with E-state index in [1.165, 1.54) is 0 Å². The minimum atomic E-state index is -0.984. The van der Waals surface area contributed by atoms with E-state index in [1.54, 1.807) is 6.92 Å². The Hall–Kier alpha value is -0.650. The highest BCUT2D eigenvalue weighted by molar-refractivity contribution is 5.72. The van der Waals surface area contributed by atoms with Gasteiger partial charge in [0.15, 0.2) is 6.10 Å². The van der Waals surface area contributed by atoms with Gasteiger partial charge in [-0.2, -0.15) is 0 Å². The second-order valence-electron chi connectivity index (χ2n) is 2.78. The van der Waals surface area contributed by atoms with Crippen molar-refractivity contribution in [3.8, 4) is 0 Å². The van der Waals surface area contributed by atoms with Crippen LogP contribution in [0.2, 0.25) is 0 Å². The van der Waals surface area contributed by atoms with Crippen LogP contribution in [0.3, 0.4) is 0 Å². The van der Waals surface area contributed by atoms with E-state index in [-0.39, 0.29) is 12.7 Å². The third kappa shape index (κ3) is 3.30. The van der Waals surface area contributed by atoms with Crippen LogP contribution in [0.4, 0.5) is 0 Å². The summed E-state index contributed by atoms with van der Waals surface area (Å²) in [5.41, 5.74) is 0. The van der Waals surface area contributed by atoms with Gasteiger partial charge in [0.05, 0.1) is 19.8 Å². The molecule has 1 heterocycles. The van der Waals surface area contributed by atoms with Crippen LogP contribution in [0, 0.1) is 0 Å². The van der Waals surface area contributed by atoms with Crippen molar-refractivity contribution in [1.82, 2.24) is 0 Å². The average Bonchev–Trinajstić information content (AvgIpc) is 1.99. The summed E-state index contributed by atoms with van der Waals surface area (Å²) in [4.78, 5) is 10.6. The van der Waals surface area contributed by atoms with Crippen LogP contribution < -0.4 is 0 Å². The van der Waals surface area contributed by atoms with Gasteiger partial charge in [-0.1, -0.05) is 0 Å². The normalized spacial score (nSPS) is 19.5. The number of ether oxygens (including phenoxy) is 3. The quantitative estimate of drug-likeness (QED) is 0.633. The van der Waals surface area contributed by atoms with Crippen LogP contribution in [0.5, 0.6) is 0 Å². The van der Waals surface area contributed by atoms with Gasteiger partial charge < -0.3 is 19.3 Å². The predicted octanol–water partition coefficient (Wildman–Crippen LogP) is -0.109. The molecule has 0 radical (unpaired) electrons. The van der Waals surface area contributed by atoms with Crippen LogP contribution in [0.15, 0.2) is 0 Å². The summed E-state index contributed by atoms with van der Waals surface area (Å²) >= 11 is 0. The standard InChI is InChI=1S/C8H14O5/c1-2-12-7(8(9)10)5-13-6-3-11-4-6/h6-7H,2-5H2,1H3,(H,9,10). The van der Waals surface area contributed by atoms with Crippen molar-refractivity contribution in [2.24, 2.45) is 0 Å². The van der Waals surface area contributed by atoms with E-state index in [1.807, 2.05) is 0 Å². The first-order valence-corrected chi connectivity index (χ1v) is 4.27. The number of hydrogen-bond donors (Lipinski definition) is 1. The van der Waals surface area contributed by atoms with Gasteiger partial charge >= 0.3 is 5.97 Å². The zero-order valence-electron chi connectivity index (χ0n) is 7.56. The molecule has 1 fully saturated rings. The molecule has 0 aliphatic carbocycles. The zero-order valence-corrected chi connectivity index (χ0v) is 7.56. The van der Waals surface area contributed by atoms with Gasteiger partial charge in [-0.3, -0.25) is 0 Å². The third-order valence-corrected chi connectivity index (χ3v) is 1.73. The Kier molecular flexibility index (Phi) is 4.14. The van der Waals surface area contributed by atoms with Crippen molar-refractivity contribution >= 4 is 5.97 Å². The third-order valence-electron chi connectivity index (χ3n) is 1.73. The summed E-state index contributed by atoms with van der Waals surface area (Å²) in [7, 11) is 0. The molecule has 0 aromatic heterocycles. The van der Waals surface area contributed by atoms with Gasteiger partial charge in [0.2, 0.25) is 0 Å². The molecule has 5 nitrogen and oxygen atoms in total. The molecule has 0 aromatic rings. The highest BCUT2D eigenvalue weighted by atomic mass is 16.6. The lowest BCUT2D eigenvalue weighted by Crippen LogP contribution is -2.40. The Morgan fingerprint density at radius 2 is 2.38 bits per heavy atom. The molecule has 5 heteroatoms. The number of carbonyl (C=O) groups is 1. The second kappa shape index (κ2) is 5.16. The van der Waals surface area contributed by atoms with Crippen LogP contribution in [0.25, 0.3) is 0 Å². The molecule has 0 aromatic carbocycles. The average molecular weight is 190 g/mol. The molecular formula is C8H14O5. The molecule has 1 saturated heterocycles. The Morgan fingerprint density at radius 1 is 1.69 bits per heavy atom. The molecule has 0 amide bonds. The lowest BCUT2D eigenvalue weighted by Gasteiger charge is -2.27. The second-order valence-corrected chi connectivity index (χ2v) is 2.78. The first kappa shape index (κ1) is 10.4. The Balaban J connectivity index is 2.16. The minimum absolute atomic E-state index is 0.0438. The summed E-state index contributed by atoms with van der Waals surface area (Å²) in [5.74, 6) is -0.984. The van der Waals surface area contributed by atoms with Gasteiger partial charge in [0.25, 0.3) is 0 Å². The molecule has 0 bridgehead atoms. The Labute approximate surface area is 76.6 Å². The number of carboxylic acids is 1. The topological polar surface area (TPSA) is 65.0 Å². The predicted molar refractivity (Wildman–Crippen MR) is 43.6 cm³/mol. The fourth-order valence-corrected chi connectivity index (χ4v) is 0.926. The van der Waals surface area contributed by atoms with E-state index < -0.39 is 12.1 Å². The summed E-state index contributed by atoms with van der Waals surface area (Å²) in [5, 5.41) is 8.67. The largest absolute Gasteiger partial charge is 0.479 e. The number of hydrogen-bond acceptors (Lipinski definition) is 4. The van der Waals surface area contributed by atoms with Crippen molar-refractivity contribution in [2.75, 3.05) is 26.4 Å². The van der Waals surface area contributed by atoms with Gasteiger partial charge in [0, 0.05) is 6.61 Å². The summed E-state index contributed by atoms with van der Waals surface area (Å²) in [6.45, 7) is 3.33. The Bertz CT molecular complexity index is 166. The van der Waals surface area contributed by atoms with Crippen molar-refractivity contribution in [1.29, 1.82) is 0 Å². The highest BCUT2D eigenvalue weighted by Crippen LogP contribution is 2.06. The lowest BCUT2D eigenvalue weighted by molar-refractivity contribution is -0.170. The van der Waals surface area contributed by atoms with E-state index in [0.29, 0.717) is 19.8 Å². The summed E-state index contributed by atoms with van der Waals surface area (Å²) in [6.07, 6.45) is -0.812. The van der Waals surface area contributed by atoms with Crippen molar-refractivity contribution in [3.05, 3.63) is 0 Å². The highest BCUT2D eigenvalue weighted by Gasteiger charge is 2.23. The lowest BCUT2D eigenvalue weighted by atomic mass is 10.3. The number of carboxylic acid groups (broad SMARTS) is 1. The van der Waals surface area contributed by atoms with E-state index in [2.05, 4.69) is 0 Å². The van der Waals surface area contributed by atoms with Crippen molar-refractivity contribution < 1.29 is 24.1 Å². The molecule has 1 aliphatic heterocycles. The van der Waals surface area contributed by atoms with Crippen LogP contribution in [0.1, 0.15) is 6.92 Å². The van der Waals surface area contributed by atoms with E-state index in [9.17, 15) is 4.79 Å². The molecule has 1 aliphatic rings. The first-order valence-electron chi connectivity index (χ1n) is 4.27. The van der Waals surface area contributed by atoms with Gasteiger partial charge in [-0.05, 0) is 6.92 Å². The maximum atomic E-state index is 10.6. The monoisotopic (exact) mass is 190 g/mol. The fourth-order valence-electron chi connectivity index (χ4n) is 0.926. The fraction of sp³-hybridized carbons (Fsp3) is 0.875. The molecule has 0 spiro atoms. The van der Waals surface area contributed by atoms with Gasteiger partial charge in [-0.15, -0.1) is 0 Å². The van der Waals surface area contributed by atoms with Crippen LogP contribution >= 0.6 is 0 Å². The van der Waals surface area contributed by atoms with E-state index in [0.717, 1.165) is 0 Å². The van der Waals surface area contributed by atoms with Crippen molar-refractivity contribution in [3.63, 3.8) is 0 Å². The van der Waals surface area contributed by atoms with Crippen LogP contribution in [-0.4, -0.2) is 49.7 Å². The SMILES string of the molecule is CCOC(COC1COC1)C(=O)O. The zero-order chi connectivity index (χ0) is 9.68. The summed E-state index contributed by atoms with van der Waals surface area (Å²) in [6, 6.07) is 0. The maximum absolute atomic E-state index is 10.6. The molecule has 1 rings (SSSR count). The molecular weight excluding hydrogens is 176 g/mol. The molecule has 13 heavy (non-hydrogen) atoms. The van der Waals surface area contributed by atoms with E-state index >= 15 is 0 Å².